The van der Waals surface area contributed by atoms with Crippen LogP contribution in [0.4, 0.5) is 0 Å². The second kappa shape index (κ2) is 10.9. The van der Waals surface area contributed by atoms with Crippen molar-refractivity contribution in [3.63, 3.8) is 0 Å². The molecule has 134 valence electrons. The second-order valence-corrected chi connectivity index (χ2v) is 8.56. The summed E-state index contributed by atoms with van der Waals surface area (Å²) >= 11 is 0. The summed E-state index contributed by atoms with van der Waals surface area (Å²) in [7, 11) is -4.41. The zero-order valence-corrected chi connectivity index (χ0v) is 18.5. The molecule has 0 saturated carbocycles. The quantitative estimate of drug-likeness (QED) is 0.360. The Labute approximate surface area is 175 Å². The van der Waals surface area contributed by atoms with E-state index >= 15 is 0 Å². The molecule has 0 radical (unpaired) electrons. The molecule has 1 aliphatic rings. The first-order chi connectivity index (χ1) is 11.5. The van der Waals surface area contributed by atoms with Crippen LogP contribution in [0.1, 0.15) is 82.3 Å². The van der Waals surface area contributed by atoms with Gasteiger partial charge in [-0.15, -0.1) is 0 Å². The van der Waals surface area contributed by atoms with Crippen LogP contribution in [0.2, 0.25) is 0 Å². The van der Waals surface area contributed by atoms with Gasteiger partial charge in [0.1, 0.15) is 10.1 Å². The van der Waals surface area contributed by atoms with Gasteiger partial charge in [-0.3, -0.25) is 0 Å². The molecule has 0 amide bonds. The Morgan fingerprint density at radius 3 is 2.24 bits per heavy atom. The van der Waals surface area contributed by atoms with Crippen LogP contribution in [0.3, 0.4) is 0 Å². The summed E-state index contributed by atoms with van der Waals surface area (Å²) in [6.07, 6.45) is 13.7. The van der Waals surface area contributed by atoms with Gasteiger partial charge in [0.05, 0.1) is 4.75 Å². The fraction of sp³-hybridized carbons (Fsp3) is 0.600. The van der Waals surface area contributed by atoms with E-state index in [1.807, 2.05) is 30.4 Å². The Balaban J connectivity index is 0.00000312. The minimum Gasteiger partial charge on any atom is -0.747 e. The molecule has 0 aliphatic heterocycles. The smallest absolute Gasteiger partial charge is 0.747 e. The van der Waals surface area contributed by atoms with Gasteiger partial charge >= 0.3 is 29.6 Å². The van der Waals surface area contributed by atoms with Crippen LogP contribution < -0.4 is 29.6 Å². The SMILES string of the molecule is CCCCCCCCCCC1(S(=O)(=O)[O-])CC=Cc2ccccc21.[Na+]. The van der Waals surface area contributed by atoms with E-state index < -0.39 is 14.9 Å². The molecule has 1 aromatic carbocycles. The third kappa shape index (κ3) is 5.93. The van der Waals surface area contributed by atoms with E-state index in [2.05, 4.69) is 6.92 Å². The number of benzene rings is 1. The second-order valence-electron chi connectivity index (χ2n) is 6.87. The summed E-state index contributed by atoms with van der Waals surface area (Å²) in [4.78, 5) is 0. The molecule has 3 nitrogen and oxygen atoms in total. The van der Waals surface area contributed by atoms with Crippen LogP contribution in [0, 0.1) is 0 Å². The summed E-state index contributed by atoms with van der Waals surface area (Å²) in [6.45, 7) is 2.21. The summed E-state index contributed by atoms with van der Waals surface area (Å²) in [5, 5.41) is 0. The van der Waals surface area contributed by atoms with Gasteiger partial charge in [0.2, 0.25) is 0 Å². The Morgan fingerprint density at radius 2 is 1.60 bits per heavy atom. The first kappa shape index (κ1) is 22.9. The molecule has 1 aromatic rings. The van der Waals surface area contributed by atoms with Crippen LogP contribution in [0.5, 0.6) is 0 Å². The fourth-order valence-corrected chi connectivity index (χ4v) is 4.84. The summed E-state index contributed by atoms with van der Waals surface area (Å²) in [5.41, 5.74) is 1.55. The van der Waals surface area contributed by atoms with Crippen molar-refractivity contribution in [3.8, 4) is 0 Å². The number of fused-ring (bicyclic) bond motifs is 1. The Morgan fingerprint density at radius 1 is 1.00 bits per heavy atom. The van der Waals surface area contributed by atoms with Crippen molar-refractivity contribution >= 4 is 16.2 Å². The maximum Gasteiger partial charge on any atom is 1.00 e. The molecule has 0 spiro atoms. The van der Waals surface area contributed by atoms with Crippen molar-refractivity contribution in [1.82, 2.24) is 0 Å². The van der Waals surface area contributed by atoms with E-state index in [4.69, 9.17) is 0 Å². The van der Waals surface area contributed by atoms with Crippen molar-refractivity contribution in [1.29, 1.82) is 0 Å². The molecule has 5 heteroatoms. The van der Waals surface area contributed by atoms with Crippen LogP contribution in [-0.4, -0.2) is 13.0 Å². The van der Waals surface area contributed by atoms with Crippen molar-refractivity contribution in [2.45, 2.75) is 75.9 Å². The monoisotopic (exact) mass is 372 g/mol. The Hall–Kier alpha value is -0.130. The van der Waals surface area contributed by atoms with Crippen molar-refractivity contribution in [2.75, 3.05) is 0 Å². The average Bonchev–Trinajstić information content (AvgIpc) is 2.56. The molecule has 25 heavy (non-hydrogen) atoms. The maximum absolute atomic E-state index is 12.1. The number of unbranched alkanes of at least 4 members (excludes halogenated alkanes) is 7. The van der Waals surface area contributed by atoms with Gasteiger partial charge in [0.15, 0.2) is 0 Å². The van der Waals surface area contributed by atoms with Crippen molar-refractivity contribution in [2.24, 2.45) is 0 Å². The van der Waals surface area contributed by atoms with Crippen molar-refractivity contribution < 1.29 is 42.5 Å². The van der Waals surface area contributed by atoms with Crippen LogP contribution in [-0.2, 0) is 14.9 Å². The molecule has 2 rings (SSSR count). The first-order valence-corrected chi connectivity index (χ1v) is 10.6. The third-order valence-electron chi connectivity index (χ3n) is 5.11. The van der Waals surface area contributed by atoms with E-state index in [1.165, 1.54) is 32.1 Å². The topological polar surface area (TPSA) is 57.2 Å². The van der Waals surface area contributed by atoms with Gasteiger partial charge in [0, 0.05) is 0 Å². The Kier molecular flexibility index (Phi) is 9.97. The molecular formula is C20H29NaO3S. The maximum atomic E-state index is 12.1. The van der Waals surface area contributed by atoms with Crippen LogP contribution in [0.15, 0.2) is 30.3 Å². The summed E-state index contributed by atoms with van der Waals surface area (Å²) < 4.78 is 35.1. The Bertz CT molecular complexity index is 655. The van der Waals surface area contributed by atoms with E-state index in [0.29, 0.717) is 18.4 Å². The standard InChI is InChI=1S/C20H30O3S.Na/c1-2-3-4-5-6-7-8-11-16-20(24(21,22)23)17-12-14-18-13-9-10-15-19(18)20;/h9-10,12-15H,2-8,11,16-17H2,1H3,(H,21,22,23);/q;+1/p-1. The molecular weight excluding hydrogens is 343 g/mol. The van der Waals surface area contributed by atoms with Crippen LogP contribution in [0.25, 0.3) is 6.08 Å². The molecule has 0 fully saturated rings. The molecule has 0 saturated heterocycles. The molecule has 0 aromatic heterocycles. The van der Waals surface area contributed by atoms with Gasteiger partial charge < -0.3 is 4.55 Å². The molecule has 1 unspecified atom stereocenters. The number of allylic oxidation sites excluding steroid dienone is 1. The molecule has 1 atom stereocenters. The zero-order chi connectivity index (χ0) is 17.5. The van der Waals surface area contributed by atoms with E-state index in [-0.39, 0.29) is 29.6 Å². The molecule has 0 N–H and O–H groups in total. The van der Waals surface area contributed by atoms with E-state index in [0.717, 1.165) is 24.8 Å². The zero-order valence-electron chi connectivity index (χ0n) is 15.7. The summed E-state index contributed by atoms with van der Waals surface area (Å²) in [6, 6.07) is 7.40. The summed E-state index contributed by atoms with van der Waals surface area (Å²) in [5.74, 6) is 0. The predicted octanol–water partition coefficient (Wildman–Crippen LogP) is 2.38. The van der Waals surface area contributed by atoms with Crippen LogP contribution >= 0.6 is 0 Å². The number of hydrogen-bond donors (Lipinski definition) is 0. The van der Waals surface area contributed by atoms with E-state index in [9.17, 15) is 13.0 Å². The van der Waals surface area contributed by atoms with E-state index in [1.54, 1.807) is 6.07 Å². The average molecular weight is 373 g/mol. The number of rotatable bonds is 10. The predicted molar refractivity (Wildman–Crippen MR) is 98.7 cm³/mol. The largest absolute Gasteiger partial charge is 1.00 e. The van der Waals surface area contributed by atoms with Gasteiger partial charge in [0.25, 0.3) is 0 Å². The van der Waals surface area contributed by atoms with Gasteiger partial charge in [-0.2, -0.15) is 0 Å². The molecule has 0 bridgehead atoms. The van der Waals surface area contributed by atoms with Gasteiger partial charge in [-0.05, 0) is 24.0 Å². The number of hydrogen-bond acceptors (Lipinski definition) is 3. The minimum atomic E-state index is -4.41. The third-order valence-corrected chi connectivity index (χ3v) is 6.66. The van der Waals surface area contributed by atoms with Gasteiger partial charge in [-0.1, -0.05) is 94.7 Å². The van der Waals surface area contributed by atoms with Gasteiger partial charge in [-0.25, -0.2) is 8.42 Å². The first-order valence-electron chi connectivity index (χ1n) is 9.23. The fourth-order valence-electron chi connectivity index (χ4n) is 3.69. The minimum absolute atomic E-state index is 0. The molecule has 1 aliphatic carbocycles. The van der Waals surface area contributed by atoms with Crippen molar-refractivity contribution in [3.05, 3.63) is 41.5 Å². The molecule has 0 heterocycles. The normalized spacial score (nSPS) is 19.3.